The van der Waals surface area contributed by atoms with Crippen LogP contribution in [0, 0.1) is 5.92 Å². The van der Waals surface area contributed by atoms with Gasteiger partial charge in [-0.3, -0.25) is 9.59 Å². The average Bonchev–Trinajstić information content (AvgIpc) is 2.68. The fraction of sp³-hybridized carbons (Fsp3) is 0.467. The van der Waals surface area contributed by atoms with Gasteiger partial charge in [0.2, 0.25) is 5.91 Å². The molecule has 0 fully saturated rings. The lowest BCUT2D eigenvalue weighted by Gasteiger charge is -2.24. The van der Waals surface area contributed by atoms with E-state index < -0.39 is 17.9 Å². The highest BCUT2D eigenvalue weighted by Crippen LogP contribution is 2.23. The minimum Gasteiger partial charge on any atom is -0.491 e. The van der Waals surface area contributed by atoms with Gasteiger partial charge in [-0.2, -0.15) is 0 Å². The van der Waals surface area contributed by atoms with E-state index in [1.807, 2.05) is 24.3 Å². The zero-order valence-electron chi connectivity index (χ0n) is 12.0. The van der Waals surface area contributed by atoms with Crippen molar-refractivity contribution in [3.8, 4) is 5.75 Å². The van der Waals surface area contributed by atoms with Gasteiger partial charge in [0.15, 0.2) is 0 Å². The molecule has 21 heavy (non-hydrogen) atoms. The van der Waals surface area contributed by atoms with E-state index in [9.17, 15) is 9.59 Å². The first-order valence-electron chi connectivity index (χ1n) is 6.97. The molecule has 3 N–H and O–H groups in total. The first-order valence-corrected chi connectivity index (χ1v) is 6.97. The summed E-state index contributed by atoms with van der Waals surface area (Å²) in [6.07, 6.45) is 0.132. The molecular weight excluding hydrogens is 272 g/mol. The molecule has 0 bridgehead atoms. The van der Waals surface area contributed by atoms with Crippen LogP contribution in [0.2, 0.25) is 0 Å². The van der Waals surface area contributed by atoms with Gasteiger partial charge in [0.1, 0.15) is 18.4 Å². The number of nitrogens with zero attached hydrogens (tertiary/aromatic N) is 1. The number of carboxylic acid groups (broad SMARTS) is 1. The van der Waals surface area contributed by atoms with Gasteiger partial charge in [0, 0.05) is 18.0 Å². The lowest BCUT2D eigenvalue weighted by Crippen LogP contribution is -2.40. The molecule has 2 unspecified atom stereocenters. The summed E-state index contributed by atoms with van der Waals surface area (Å²) in [6, 6.07) is 6.59. The Balaban J connectivity index is 2.04. The van der Waals surface area contributed by atoms with Crippen molar-refractivity contribution in [2.45, 2.75) is 25.9 Å². The molecule has 0 radical (unpaired) electrons. The van der Waals surface area contributed by atoms with Crippen molar-refractivity contribution in [1.29, 1.82) is 0 Å². The highest BCUT2D eigenvalue weighted by molar-refractivity contribution is 5.80. The summed E-state index contributed by atoms with van der Waals surface area (Å²) in [5.74, 6) is -0.810. The first kappa shape index (κ1) is 15.3. The topological polar surface area (TPSA) is 92.9 Å². The second kappa shape index (κ2) is 6.58. The van der Waals surface area contributed by atoms with Gasteiger partial charge in [-0.25, -0.2) is 0 Å². The summed E-state index contributed by atoms with van der Waals surface area (Å²) in [6.45, 7) is 3.10. The lowest BCUT2D eigenvalue weighted by molar-refractivity contribution is -0.140. The number of carboxylic acids is 1. The van der Waals surface area contributed by atoms with E-state index in [-0.39, 0.29) is 12.3 Å². The van der Waals surface area contributed by atoms with Gasteiger partial charge in [0.25, 0.3) is 0 Å². The highest BCUT2D eigenvalue weighted by Gasteiger charge is 2.26. The van der Waals surface area contributed by atoms with Crippen LogP contribution in [0.25, 0.3) is 0 Å². The third kappa shape index (κ3) is 3.72. The maximum Gasteiger partial charge on any atom is 0.320 e. The monoisotopic (exact) mass is 292 g/mol. The summed E-state index contributed by atoms with van der Waals surface area (Å²) in [5.41, 5.74) is 6.45. The zero-order valence-corrected chi connectivity index (χ0v) is 12.0. The largest absolute Gasteiger partial charge is 0.491 e. The maximum absolute atomic E-state index is 12.4. The molecule has 2 atom stereocenters. The molecule has 1 heterocycles. The molecule has 1 aliphatic heterocycles. The predicted octanol–water partition coefficient (Wildman–Crippen LogP) is 0.846. The standard InChI is InChI=1S/C15H20N2O4/c1-10(8-12(16)15(19)20)14(18)17-6-7-21-13-5-3-2-4-11(13)9-17/h2-5,10,12H,6-9,16H2,1H3,(H,19,20). The van der Waals surface area contributed by atoms with E-state index in [0.717, 1.165) is 11.3 Å². The summed E-state index contributed by atoms with van der Waals surface area (Å²) in [7, 11) is 0. The van der Waals surface area contributed by atoms with Crippen LogP contribution in [0.15, 0.2) is 24.3 Å². The highest BCUT2D eigenvalue weighted by atomic mass is 16.5. The summed E-state index contributed by atoms with van der Waals surface area (Å²) >= 11 is 0. The summed E-state index contributed by atoms with van der Waals surface area (Å²) < 4.78 is 5.62. The van der Waals surface area contributed by atoms with Crippen molar-refractivity contribution in [2.24, 2.45) is 11.7 Å². The molecule has 1 aromatic carbocycles. The van der Waals surface area contributed by atoms with E-state index in [1.165, 1.54) is 0 Å². The summed E-state index contributed by atoms with van der Waals surface area (Å²) in [5, 5.41) is 8.83. The van der Waals surface area contributed by atoms with Crippen LogP contribution in [0.1, 0.15) is 18.9 Å². The van der Waals surface area contributed by atoms with Crippen LogP contribution >= 0.6 is 0 Å². The molecule has 1 aliphatic rings. The molecule has 2 rings (SSSR count). The number of fused-ring (bicyclic) bond motifs is 1. The van der Waals surface area contributed by atoms with Gasteiger partial charge in [0.05, 0.1) is 6.54 Å². The normalized spacial score (nSPS) is 17.1. The van der Waals surface area contributed by atoms with Crippen molar-refractivity contribution in [2.75, 3.05) is 13.2 Å². The van der Waals surface area contributed by atoms with Crippen LogP contribution in [-0.4, -0.2) is 41.1 Å². The molecule has 0 saturated carbocycles. The number of hydrogen-bond acceptors (Lipinski definition) is 4. The molecule has 1 amide bonds. The molecule has 0 aliphatic carbocycles. The van der Waals surface area contributed by atoms with E-state index in [1.54, 1.807) is 11.8 Å². The van der Waals surface area contributed by atoms with Crippen molar-refractivity contribution < 1.29 is 19.4 Å². The second-order valence-electron chi connectivity index (χ2n) is 5.30. The Bertz CT molecular complexity index is 532. The number of ether oxygens (including phenoxy) is 1. The molecule has 6 nitrogen and oxygen atoms in total. The van der Waals surface area contributed by atoms with Gasteiger partial charge in [-0.05, 0) is 12.5 Å². The fourth-order valence-corrected chi connectivity index (χ4v) is 2.41. The Morgan fingerprint density at radius 1 is 1.43 bits per heavy atom. The maximum atomic E-state index is 12.4. The smallest absolute Gasteiger partial charge is 0.320 e. The quantitative estimate of drug-likeness (QED) is 0.858. The van der Waals surface area contributed by atoms with Crippen LogP contribution < -0.4 is 10.5 Å². The van der Waals surface area contributed by atoms with Crippen LogP contribution in [0.4, 0.5) is 0 Å². The molecular formula is C15H20N2O4. The Morgan fingerprint density at radius 3 is 2.86 bits per heavy atom. The van der Waals surface area contributed by atoms with Crippen molar-refractivity contribution >= 4 is 11.9 Å². The second-order valence-corrected chi connectivity index (χ2v) is 5.30. The van der Waals surface area contributed by atoms with Gasteiger partial charge in [-0.15, -0.1) is 0 Å². The van der Waals surface area contributed by atoms with Gasteiger partial charge < -0.3 is 20.5 Å². The van der Waals surface area contributed by atoms with E-state index in [0.29, 0.717) is 19.7 Å². The van der Waals surface area contributed by atoms with Crippen LogP contribution in [-0.2, 0) is 16.1 Å². The van der Waals surface area contributed by atoms with Crippen LogP contribution in [0.3, 0.4) is 0 Å². The predicted molar refractivity (Wildman–Crippen MR) is 76.7 cm³/mol. The Hall–Kier alpha value is -2.08. The zero-order chi connectivity index (χ0) is 15.4. The molecule has 0 saturated heterocycles. The van der Waals surface area contributed by atoms with Crippen molar-refractivity contribution in [3.05, 3.63) is 29.8 Å². The number of carbonyl (C=O) groups is 2. The lowest BCUT2D eigenvalue weighted by atomic mass is 10.0. The van der Waals surface area contributed by atoms with Gasteiger partial charge >= 0.3 is 5.97 Å². The van der Waals surface area contributed by atoms with Crippen molar-refractivity contribution in [1.82, 2.24) is 4.90 Å². The number of nitrogens with two attached hydrogens (primary N) is 1. The third-order valence-electron chi connectivity index (χ3n) is 3.61. The molecule has 6 heteroatoms. The molecule has 0 aromatic heterocycles. The third-order valence-corrected chi connectivity index (χ3v) is 3.61. The fourth-order valence-electron chi connectivity index (χ4n) is 2.41. The number of rotatable bonds is 4. The van der Waals surface area contributed by atoms with Gasteiger partial charge in [-0.1, -0.05) is 25.1 Å². The number of hydrogen-bond donors (Lipinski definition) is 2. The minimum atomic E-state index is -1.08. The Kier molecular flexibility index (Phi) is 4.80. The number of amides is 1. The van der Waals surface area contributed by atoms with E-state index >= 15 is 0 Å². The number of benzene rings is 1. The number of aliphatic carboxylic acids is 1. The number of carbonyl (C=O) groups excluding carboxylic acids is 1. The number of para-hydroxylation sites is 1. The molecule has 0 spiro atoms. The SMILES string of the molecule is CC(CC(N)C(=O)O)C(=O)N1CCOc2ccccc2C1. The van der Waals surface area contributed by atoms with E-state index in [4.69, 9.17) is 15.6 Å². The van der Waals surface area contributed by atoms with E-state index in [2.05, 4.69) is 0 Å². The minimum absolute atomic E-state index is 0.0907. The first-order chi connectivity index (χ1) is 9.99. The Morgan fingerprint density at radius 2 is 2.14 bits per heavy atom. The van der Waals surface area contributed by atoms with Crippen LogP contribution in [0.5, 0.6) is 5.75 Å². The average molecular weight is 292 g/mol. The Labute approximate surface area is 123 Å². The van der Waals surface area contributed by atoms with Crippen molar-refractivity contribution in [3.63, 3.8) is 0 Å². The molecule has 114 valence electrons. The molecule has 1 aromatic rings. The summed E-state index contributed by atoms with van der Waals surface area (Å²) in [4.78, 5) is 24.9.